The normalized spacial score (nSPS) is 15.9. The van der Waals surface area contributed by atoms with Crippen molar-refractivity contribution in [1.29, 1.82) is 0 Å². The number of aromatic nitrogens is 1. The smallest absolute Gasteiger partial charge is 0.270 e. The van der Waals surface area contributed by atoms with Crippen molar-refractivity contribution < 1.29 is 4.79 Å². The lowest BCUT2D eigenvalue weighted by Crippen LogP contribution is -2.35. The van der Waals surface area contributed by atoms with Crippen LogP contribution in [0.25, 0.3) is 0 Å². The Morgan fingerprint density at radius 1 is 1.42 bits per heavy atom. The van der Waals surface area contributed by atoms with Crippen LogP contribution < -0.4 is 10.6 Å². The molecule has 4 heteroatoms. The van der Waals surface area contributed by atoms with Gasteiger partial charge in [0, 0.05) is 12.6 Å². The van der Waals surface area contributed by atoms with Gasteiger partial charge in [0.1, 0.15) is 5.69 Å². The molecule has 4 nitrogen and oxygen atoms in total. The van der Waals surface area contributed by atoms with Gasteiger partial charge in [0.05, 0.1) is 11.9 Å². The zero-order chi connectivity index (χ0) is 13.7. The Hall–Kier alpha value is -1.58. The van der Waals surface area contributed by atoms with E-state index in [-0.39, 0.29) is 11.9 Å². The minimum atomic E-state index is -0.0597. The van der Waals surface area contributed by atoms with Crippen molar-refractivity contribution in [3.63, 3.8) is 0 Å². The molecule has 1 unspecified atom stereocenters. The first kappa shape index (κ1) is 13.8. The molecule has 1 aliphatic rings. The third-order valence-electron chi connectivity index (χ3n) is 3.52. The van der Waals surface area contributed by atoms with E-state index >= 15 is 0 Å². The fourth-order valence-corrected chi connectivity index (χ4v) is 2.18. The number of hydrogen-bond donors (Lipinski definition) is 2. The Kier molecular flexibility index (Phi) is 4.77. The molecule has 0 bridgehead atoms. The van der Waals surface area contributed by atoms with Gasteiger partial charge in [-0.05, 0) is 37.8 Å². The van der Waals surface area contributed by atoms with E-state index in [1.54, 1.807) is 12.3 Å². The molecule has 104 valence electrons. The highest BCUT2D eigenvalue weighted by Crippen LogP contribution is 2.34. The Morgan fingerprint density at radius 2 is 2.21 bits per heavy atom. The molecule has 1 amide bonds. The van der Waals surface area contributed by atoms with Crippen molar-refractivity contribution in [2.75, 3.05) is 11.9 Å². The minimum absolute atomic E-state index is 0.0597. The van der Waals surface area contributed by atoms with E-state index in [1.807, 2.05) is 13.0 Å². The number of nitrogens with zero attached hydrogens (tertiary/aromatic N) is 1. The van der Waals surface area contributed by atoms with Crippen LogP contribution >= 0.6 is 0 Å². The highest BCUT2D eigenvalue weighted by Gasteiger charge is 2.25. The Balaban J connectivity index is 1.90. The molecule has 1 heterocycles. The summed E-state index contributed by atoms with van der Waals surface area (Å²) < 4.78 is 0. The zero-order valence-electron chi connectivity index (χ0n) is 11.8. The minimum Gasteiger partial charge on any atom is -0.384 e. The Labute approximate surface area is 115 Å². The first-order valence-electron chi connectivity index (χ1n) is 7.23. The second kappa shape index (κ2) is 6.55. The van der Waals surface area contributed by atoms with E-state index in [1.165, 1.54) is 12.8 Å². The molecule has 1 fully saturated rings. The van der Waals surface area contributed by atoms with E-state index in [0.717, 1.165) is 31.0 Å². The van der Waals surface area contributed by atoms with Crippen molar-refractivity contribution >= 4 is 11.6 Å². The van der Waals surface area contributed by atoms with Crippen LogP contribution in [0.4, 0.5) is 5.69 Å². The molecule has 19 heavy (non-hydrogen) atoms. The predicted molar refractivity (Wildman–Crippen MR) is 77.3 cm³/mol. The molecule has 0 saturated heterocycles. The average Bonchev–Trinajstić information content (AvgIpc) is 3.23. The lowest BCUT2D eigenvalue weighted by atomic mass is 10.1. The van der Waals surface area contributed by atoms with Crippen molar-refractivity contribution in [2.24, 2.45) is 5.92 Å². The second-order valence-corrected chi connectivity index (χ2v) is 5.22. The summed E-state index contributed by atoms with van der Waals surface area (Å²) in [4.78, 5) is 16.3. The molecule has 1 aromatic rings. The van der Waals surface area contributed by atoms with Crippen LogP contribution in [0.15, 0.2) is 18.3 Å². The molecule has 0 aliphatic heterocycles. The average molecular weight is 261 g/mol. The van der Waals surface area contributed by atoms with Gasteiger partial charge in [-0.3, -0.25) is 4.79 Å². The van der Waals surface area contributed by atoms with Gasteiger partial charge in [-0.15, -0.1) is 0 Å². The van der Waals surface area contributed by atoms with Gasteiger partial charge in [-0.2, -0.15) is 0 Å². The Morgan fingerprint density at radius 3 is 2.74 bits per heavy atom. The lowest BCUT2D eigenvalue weighted by Gasteiger charge is -2.16. The third kappa shape index (κ3) is 4.23. The molecular weight excluding hydrogens is 238 g/mol. The number of carbonyl (C=O) groups is 1. The number of amides is 1. The molecule has 1 aromatic heterocycles. The molecule has 1 atom stereocenters. The molecule has 1 saturated carbocycles. The van der Waals surface area contributed by atoms with Gasteiger partial charge in [0.2, 0.25) is 0 Å². The van der Waals surface area contributed by atoms with Crippen molar-refractivity contribution in [3.8, 4) is 0 Å². The van der Waals surface area contributed by atoms with E-state index < -0.39 is 0 Å². The topological polar surface area (TPSA) is 54.0 Å². The maximum atomic E-state index is 12.1. The maximum Gasteiger partial charge on any atom is 0.270 e. The largest absolute Gasteiger partial charge is 0.384 e. The van der Waals surface area contributed by atoms with Gasteiger partial charge < -0.3 is 10.6 Å². The van der Waals surface area contributed by atoms with Crippen LogP contribution in [0.2, 0.25) is 0 Å². The summed E-state index contributed by atoms with van der Waals surface area (Å²) in [6.07, 6.45) is 6.44. The van der Waals surface area contributed by atoms with Crippen LogP contribution in [-0.2, 0) is 0 Å². The molecule has 0 radical (unpaired) electrons. The van der Waals surface area contributed by atoms with Gasteiger partial charge in [-0.25, -0.2) is 4.98 Å². The number of carbonyl (C=O) groups excluding carboxylic acids is 1. The highest BCUT2D eigenvalue weighted by atomic mass is 16.1. The van der Waals surface area contributed by atoms with Crippen molar-refractivity contribution in [2.45, 2.75) is 45.6 Å². The van der Waals surface area contributed by atoms with Crippen molar-refractivity contribution in [1.82, 2.24) is 10.3 Å². The van der Waals surface area contributed by atoms with E-state index in [9.17, 15) is 4.79 Å². The van der Waals surface area contributed by atoms with Crippen LogP contribution in [0.5, 0.6) is 0 Å². The van der Waals surface area contributed by atoms with Crippen LogP contribution in [-0.4, -0.2) is 23.5 Å². The Bertz CT molecular complexity index is 412. The third-order valence-corrected chi connectivity index (χ3v) is 3.52. The first-order valence-corrected chi connectivity index (χ1v) is 7.23. The van der Waals surface area contributed by atoms with Gasteiger partial charge in [-0.1, -0.05) is 19.8 Å². The molecule has 1 aliphatic carbocycles. The number of pyridine rings is 1. The standard InChI is InChI=1S/C15H23N3O/c1-3-12(9-11-5-6-11)18-15(19)14-8-7-13(10-17-14)16-4-2/h7-8,10-12,16H,3-6,9H2,1-2H3,(H,18,19). The summed E-state index contributed by atoms with van der Waals surface area (Å²) in [5.41, 5.74) is 1.44. The molecule has 0 aromatic carbocycles. The molecule has 2 N–H and O–H groups in total. The summed E-state index contributed by atoms with van der Waals surface area (Å²) in [5, 5.41) is 6.25. The quantitative estimate of drug-likeness (QED) is 0.793. The number of nitrogens with one attached hydrogen (secondary N) is 2. The zero-order valence-corrected chi connectivity index (χ0v) is 11.8. The highest BCUT2D eigenvalue weighted by molar-refractivity contribution is 5.92. The maximum absolute atomic E-state index is 12.1. The van der Waals surface area contributed by atoms with Gasteiger partial charge >= 0.3 is 0 Å². The van der Waals surface area contributed by atoms with Crippen molar-refractivity contribution in [3.05, 3.63) is 24.0 Å². The molecule has 2 rings (SSSR count). The molecular formula is C15H23N3O. The molecule has 0 spiro atoms. The first-order chi connectivity index (χ1) is 9.22. The number of hydrogen-bond acceptors (Lipinski definition) is 3. The summed E-state index contributed by atoms with van der Waals surface area (Å²) in [5.74, 6) is 0.768. The van der Waals surface area contributed by atoms with Gasteiger partial charge in [0.15, 0.2) is 0 Å². The monoisotopic (exact) mass is 261 g/mol. The summed E-state index contributed by atoms with van der Waals surface area (Å²) in [7, 11) is 0. The van der Waals surface area contributed by atoms with Gasteiger partial charge in [0.25, 0.3) is 5.91 Å². The number of anilines is 1. The van der Waals surface area contributed by atoms with E-state index in [4.69, 9.17) is 0 Å². The number of rotatable bonds is 7. The van der Waals surface area contributed by atoms with Crippen LogP contribution in [0.3, 0.4) is 0 Å². The summed E-state index contributed by atoms with van der Waals surface area (Å²) in [6, 6.07) is 3.96. The predicted octanol–water partition coefficient (Wildman–Crippen LogP) is 2.82. The van der Waals surface area contributed by atoms with Crippen LogP contribution in [0, 0.1) is 5.92 Å². The summed E-state index contributed by atoms with van der Waals surface area (Å²) in [6.45, 7) is 5.01. The fourth-order valence-electron chi connectivity index (χ4n) is 2.18. The SMILES string of the molecule is CCNc1ccc(C(=O)NC(CC)CC2CC2)nc1. The van der Waals surface area contributed by atoms with E-state index in [0.29, 0.717) is 5.69 Å². The summed E-state index contributed by atoms with van der Waals surface area (Å²) >= 11 is 0. The fraction of sp³-hybridized carbons (Fsp3) is 0.600. The van der Waals surface area contributed by atoms with E-state index in [2.05, 4.69) is 22.5 Å². The van der Waals surface area contributed by atoms with Crippen LogP contribution in [0.1, 0.15) is 50.0 Å². The second-order valence-electron chi connectivity index (χ2n) is 5.22. The lowest BCUT2D eigenvalue weighted by molar-refractivity contribution is 0.0927.